The maximum atomic E-state index is 12.9. The van der Waals surface area contributed by atoms with Crippen molar-refractivity contribution in [2.75, 3.05) is 7.05 Å². The molecule has 0 aliphatic heterocycles. The highest BCUT2D eigenvalue weighted by Crippen LogP contribution is 2.22. The summed E-state index contributed by atoms with van der Waals surface area (Å²) >= 11 is 3.53. The number of fused-ring (bicyclic) bond motifs is 1. The van der Waals surface area contributed by atoms with Crippen LogP contribution in [0.4, 0.5) is 0 Å². The molecule has 0 saturated carbocycles. The molecule has 3 aromatic rings. The minimum absolute atomic E-state index is 0.00227. The number of nitrogens with zero attached hydrogens (tertiary/aromatic N) is 2. The number of amides is 1. The van der Waals surface area contributed by atoms with E-state index in [0.717, 1.165) is 26.6 Å². The number of pyridine rings is 1. The third-order valence-electron chi connectivity index (χ3n) is 3.79. The first kappa shape index (κ1) is 15.7. The van der Waals surface area contributed by atoms with Gasteiger partial charge in [0.1, 0.15) is 0 Å². The Morgan fingerprint density at radius 1 is 1.13 bits per heavy atom. The van der Waals surface area contributed by atoms with E-state index in [1.807, 2.05) is 68.6 Å². The summed E-state index contributed by atoms with van der Waals surface area (Å²) in [5, 5.41) is 0.891. The average Bonchev–Trinajstić information content (AvgIpc) is 2.55. The summed E-state index contributed by atoms with van der Waals surface area (Å²) in [5.74, 6) is 0.00227. The summed E-state index contributed by atoms with van der Waals surface area (Å²) < 4.78 is 1.01. The third kappa shape index (κ3) is 3.27. The molecule has 1 heterocycles. The quantitative estimate of drug-likeness (QED) is 0.677. The molecule has 0 aliphatic rings. The molecule has 116 valence electrons. The van der Waals surface area contributed by atoms with Crippen LogP contribution in [0.1, 0.15) is 21.6 Å². The fraction of sp³-hybridized carbons (Fsp3) is 0.158. The zero-order chi connectivity index (χ0) is 16.4. The first-order valence-corrected chi connectivity index (χ1v) is 8.21. The molecule has 0 fully saturated rings. The first-order chi connectivity index (χ1) is 11.1. The van der Waals surface area contributed by atoms with Crippen LogP contribution in [0.3, 0.4) is 0 Å². The monoisotopic (exact) mass is 368 g/mol. The Morgan fingerprint density at radius 3 is 2.61 bits per heavy atom. The predicted molar refractivity (Wildman–Crippen MR) is 96.4 cm³/mol. The summed E-state index contributed by atoms with van der Waals surface area (Å²) in [6, 6.07) is 17.6. The maximum Gasteiger partial charge on any atom is 0.254 e. The summed E-state index contributed by atoms with van der Waals surface area (Å²) in [6.45, 7) is 2.47. The van der Waals surface area contributed by atoms with Gasteiger partial charge in [-0.05, 0) is 30.7 Å². The standard InChI is InChI=1S/C19H17BrN2O/c1-13-11-16(15-8-4-6-10-18(15)21-13)19(23)22(2)12-14-7-3-5-9-17(14)20/h3-11H,12H2,1-2H3. The first-order valence-electron chi connectivity index (χ1n) is 7.41. The topological polar surface area (TPSA) is 33.2 Å². The molecule has 0 radical (unpaired) electrons. The zero-order valence-corrected chi connectivity index (χ0v) is 14.7. The van der Waals surface area contributed by atoms with Crippen LogP contribution in [0.15, 0.2) is 59.1 Å². The van der Waals surface area contributed by atoms with Crippen molar-refractivity contribution < 1.29 is 4.79 Å². The molecule has 3 nitrogen and oxygen atoms in total. The highest BCUT2D eigenvalue weighted by molar-refractivity contribution is 9.10. The largest absolute Gasteiger partial charge is 0.337 e. The van der Waals surface area contributed by atoms with E-state index in [2.05, 4.69) is 20.9 Å². The summed E-state index contributed by atoms with van der Waals surface area (Å²) in [5.41, 5.74) is 3.48. The van der Waals surface area contributed by atoms with Crippen LogP contribution in [0.25, 0.3) is 10.9 Å². The van der Waals surface area contributed by atoms with E-state index in [9.17, 15) is 4.79 Å². The fourth-order valence-corrected chi connectivity index (χ4v) is 3.05. The minimum Gasteiger partial charge on any atom is -0.337 e. The van der Waals surface area contributed by atoms with Crippen molar-refractivity contribution in [2.45, 2.75) is 13.5 Å². The number of hydrogen-bond donors (Lipinski definition) is 0. The predicted octanol–water partition coefficient (Wildman–Crippen LogP) is 4.58. The summed E-state index contributed by atoms with van der Waals surface area (Å²) in [7, 11) is 1.83. The van der Waals surface area contributed by atoms with Crippen LogP contribution >= 0.6 is 15.9 Å². The van der Waals surface area contributed by atoms with Gasteiger partial charge in [0.2, 0.25) is 0 Å². The fourth-order valence-electron chi connectivity index (χ4n) is 2.64. The molecule has 0 N–H and O–H groups in total. The lowest BCUT2D eigenvalue weighted by molar-refractivity contribution is 0.0786. The second kappa shape index (κ2) is 6.50. The number of aromatic nitrogens is 1. The Morgan fingerprint density at radius 2 is 1.83 bits per heavy atom. The van der Waals surface area contributed by atoms with Crippen LogP contribution in [-0.4, -0.2) is 22.8 Å². The summed E-state index contributed by atoms with van der Waals surface area (Å²) in [6.07, 6.45) is 0. The molecule has 0 bridgehead atoms. The van der Waals surface area contributed by atoms with Gasteiger partial charge in [0.15, 0.2) is 0 Å². The van der Waals surface area contributed by atoms with E-state index in [1.54, 1.807) is 4.90 Å². The number of benzene rings is 2. The zero-order valence-electron chi connectivity index (χ0n) is 13.1. The van der Waals surface area contributed by atoms with Gasteiger partial charge < -0.3 is 4.90 Å². The number of carbonyl (C=O) groups excluding carboxylic acids is 1. The molecular formula is C19H17BrN2O. The van der Waals surface area contributed by atoms with Gasteiger partial charge in [0, 0.05) is 29.1 Å². The van der Waals surface area contributed by atoms with E-state index in [4.69, 9.17) is 0 Å². The molecule has 0 spiro atoms. The Hall–Kier alpha value is -2.20. The molecule has 3 rings (SSSR count). The van der Waals surface area contributed by atoms with Crippen LogP contribution in [-0.2, 0) is 6.54 Å². The number of halogens is 1. The molecule has 0 saturated heterocycles. The number of hydrogen-bond acceptors (Lipinski definition) is 2. The van der Waals surface area contributed by atoms with Crippen LogP contribution < -0.4 is 0 Å². The molecule has 0 aliphatic carbocycles. The molecule has 1 amide bonds. The van der Waals surface area contributed by atoms with Gasteiger partial charge in [-0.25, -0.2) is 0 Å². The van der Waals surface area contributed by atoms with Crippen molar-refractivity contribution in [1.82, 2.24) is 9.88 Å². The van der Waals surface area contributed by atoms with Gasteiger partial charge in [-0.15, -0.1) is 0 Å². The SMILES string of the molecule is Cc1cc(C(=O)N(C)Cc2ccccc2Br)c2ccccc2n1. The second-order valence-electron chi connectivity index (χ2n) is 5.58. The smallest absolute Gasteiger partial charge is 0.254 e. The number of aryl methyl sites for hydroxylation is 1. The van der Waals surface area contributed by atoms with E-state index < -0.39 is 0 Å². The van der Waals surface area contributed by atoms with Crippen molar-refractivity contribution in [2.24, 2.45) is 0 Å². The van der Waals surface area contributed by atoms with E-state index >= 15 is 0 Å². The van der Waals surface area contributed by atoms with E-state index in [-0.39, 0.29) is 5.91 Å². The average molecular weight is 369 g/mol. The molecule has 23 heavy (non-hydrogen) atoms. The van der Waals surface area contributed by atoms with Crippen LogP contribution in [0.2, 0.25) is 0 Å². The number of rotatable bonds is 3. The van der Waals surface area contributed by atoms with Crippen molar-refractivity contribution in [3.05, 3.63) is 75.9 Å². The van der Waals surface area contributed by atoms with Gasteiger partial charge in [0.25, 0.3) is 5.91 Å². The number of para-hydroxylation sites is 1. The number of carbonyl (C=O) groups is 1. The lowest BCUT2D eigenvalue weighted by Gasteiger charge is -2.19. The highest BCUT2D eigenvalue weighted by atomic mass is 79.9. The maximum absolute atomic E-state index is 12.9. The highest BCUT2D eigenvalue weighted by Gasteiger charge is 2.17. The van der Waals surface area contributed by atoms with Crippen molar-refractivity contribution in [3.63, 3.8) is 0 Å². The van der Waals surface area contributed by atoms with Gasteiger partial charge in [-0.3, -0.25) is 9.78 Å². The van der Waals surface area contributed by atoms with Gasteiger partial charge in [-0.1, -0.05) is 52.3 Å². The molecule has 2 aromatic carbocycles. The lowest BCUT2D eigenvalue weighted by atomic mass is 10.1. The Balaban J connectivity index is 1.95. The Labute approximate surface area is 144 Å². The molecular weight excluding hydrogens is 352 g/mol. The normalized spacial score (nSPS) is 10.7. The Kier molecular flexibility index (Phi) is 4.44. The second-order valence-corrected chi connectivity index (χ2v) is 6.44. The van der Waals surface area contributed by atoms with Crippen LogP contribution in [0.5, 0.6) is 0 Å². The molecule has 4 heteroatoms. The molecule has 1 aromatic heterocycles. The minimum atomic E-state index is 0.00227. The summed E-state index contributed by atoms with van der Waals surface area (Å²) in [4.78, 5) is 19.1. The van der Waals surface area contributed by atoms with Crippen molar-refractivity contribution in [1.29, 1.82) is 0 Å². The van der Waals surface area contributed by atoms with Gasteiger partial charge >= 0.3 is 0 Å². The van der Waals surface area contributed by atoms with Gasteiger partial charge in [-0.2, -0.15) is 0 Å². The van der Waals surface area contributed by atoms with E-state index in [1.165, 1.54) is 0 Å². The molecule has 0 unspecified atom stereocenters. The lowest BCUT2D eigenvalue weighted by Crippen LogP contribution is -2.26. The van der Waals surface area contributed by atoms with Crippen LogP contribution in [0, 0.1) is 6.92 Å². The third-order valence-corrected chi connectivity index (χ3v) is 4.56. The van der Waals surface area contributed by atoms with Gasteiger partial charge in [0.05, 0.1) is 11.1 Å². The molecule has 0 atom stereocenters. The Bertz CT molecular complexity index is 876. The van der Waals surface area contributed by atoms with Crippen molar-refractivity contribution >= 4 is 32.7 Å². The van der Waals surface area contributed by atoms with Crippen molar-refractivity contribution in [3.8, 4) is 0 Å². The van der Waals surface area contributed by atoms with E-state index in [0.29, 0.717) is 12.1 Å².